The quantitative estimate of drug-likeness (QED) is 0.479. The van der Waals surface area contributed by atoms with Crippen LogP contribution in [0, 0.1) is 0 Å². The fourth-order valence-electron chi connectivity index (χ4n) is 4.71. The number of hydrogen-bond acceptors (Lipinski definition) is 5. The van der Waals surface area contributed by atoms with Crippen LogP contribution in [0.25, 0.3) is 10.8 Å². The summed E-state index contributed by atoms with van der Waals surface area (Å²) in [5.41, 5.74) is 3.46. The van der Waals surface area contributed by atoms with E-state index in [0.29, 0.717) is 23.9 Å². The average Bonchev–Trinajstić information content (AvgIpc) is 3.57. The highest BCUT2D eigenvalue weighted by atomic mass is 32.2. The Hall–Kier alpha value is -3.45. The minimum atomic E-state index is -0.545. The maximum atomic E-state index is 13.3. The van der Waals surface area contributed by atoms with Gasteiger partial charge in [0.15, 0.2) is 0 Å². The van der Waals surface area contributed by atoms with Crippen molar-refractivity contribution in [2.24, 2.45) is 0 Å². The molecule has 1 amide bonds. The largest absolute Gasteiger partial charge is 0.309 e. The van der Waals surface area contributed by atoms with Gasteiger partial charge in [0.05, 0.1) is 5.03 Å². The normalized spacial score (nSPS) is 17.2. The van der Waals surface area contributed by atoms with Crippen molar-refractivity contribution in [2.75, 3.05) is 11.1 Å². The van der Waals surface area contributed by atoms with Crippen molar-refractivity contribution in [3.63, 3.8) is 0 Å². The molecular weight excluding hydrogens is 432 g/mol. The van der Waals surface area contributed by atoms with Crippen LogP contribution >= 0.6 is 11.8 Å². The lowest BCUT2D eigenvalue weighted by Crippen LogP contribution is -2.33. The first-order chi connectivity index (χ1) is 16.2. The highest BCUT2D eigenvalue weighted by Crippen LogP contribution is 2.48. The number of rotatable bonds is 5. The first kappa shape index (κ1) is 20.2. The number of carbonyl (C=O) groups is 1. The molecule has 4 aromatic rings. The van der Waals surface area contributed by atoms with Crippen molar-refractivity contribution in [1.29, 1.82) is 0 Å². The fraction of sp³-hybridized carbons (Fsp3) is 0.231. The van der Waals surface area contributed by atoms with Gasteiger partial charge in [-0.15, -0.1) is 11.8 Å². The molecule has 0 saturated heterocycles. The van der Waals surface area contributed by atoms with Gasteiger partial charge < -0.3 is 5.32 Å². The van der Waals surface area contributed by atoms with Gasteiger partial charge in [0.25, 0.3) is 5.56 Å². The SMILES string of the molecule is O=C(Nc1ccncn1)[C@@H]1CSc2c(C3CC3)c(Cc3cccc4ccccc34)cc(=O)n21. The van der Waals surface area contributed by atoms with Crippen molar-refractivity contribution < 1.29 is 4.79 Å². The van der Waals surface area contributed by atoms with Gasteiger partial charge in [0.1, 0.15) is 18.2 Å². The summed E-state index contributed by atoms with van der Waals surface area (Å²) in [7, 11) is 0. The number of fused-ring (bicyclic) bond motifs is 2. The Bertz CT molecular complexity index is 1420. The Morgan fingerprint density at radius 3 is 2.76 bits per heavy atom. The summed E-state index contributed by atoms with van der Waals surface area (Å²) < 4.78 is 1.70. The Morgan fingerprint density at radius 2 is 1.94 bits per heavy atom. The number of thioether (sulfide) groups is 1. The zero-order valence-corrected chi connectivity index (χ0v) is 18.7. The Balaban J connectivity index is 1.39. The smallest absolute Gasteiger partial charge is 0.252 e. The predicted octanol–water partition coefficient (Wildman–Crippen LogP) is 4.55. The number of anilines is 1. The van der Waals surface area contributed by atoms with E-state index >= 15 is 0 Å². The average molecular weight is 455 g/mol. The molecule has 1 aliphatic carbocycles. The summed E-state index contributed by atoms with van der Waals surface area (Å²) in [5, 5.41) is 6.21. The highest BCUT2D eigenvalue weighted by Gasteiger charge is 2.37. The second-order valence-electron chi connectivity index (χ2n) is 8.60. The van der Waals surface area contributed by atoms with Crippen LogP contribution < -0.4 is 10.9 Å². The monoisotopic (exact) mass is 454 g/mol. The van der Waals surface area contributed by atoms with Crippen LogP contribution in [0.15, 0.2) is 76.9 Å². The van der Waals surface area contributed by atoms with Crippen molar-refractivity contribution in [3.05, 3.63) is 94.2 Å². The van der Waals surface area contributed by atoms with Crippen molar-refractivity contribution in [3.8, 4) is 0 Å². The van der Waals surface area contributed by atoms with E-state index in [0.717, 1.165) is 23.4 Å². The number of benzene rings is 2. The molecule has 2 aromatic heterocycles. The van der Waals surface area contributed by atoms with Crippen molar-refractivity contribution in [1.82, 2.24) is 14.5 Å². The van der Waals surface area contributed by atoms with Crippen LogP contribution in [-0.2, 0) is 11.2 Å². The third-order valence-corrected chi connectivity index (χ3v) is 7.57. The summed E-state index contributed by atoms with van der Waals surface area (Å²) in [6.45, 7) is 0. The lowest BCUT2D eigenvalue weighted by molar-refractivity contribution is -0.118. The van der Waals surface area contributed by atoms with Crippen LogP contribution in [0.5, 0.6) is 0 Å². The minimum absolute atomic E-state index is 0.113. The molecule has 2 aliphatic rings. The van der Waals surface area contributed by atoms with Gasteiger partial charge in [-0.2, -0.15) is 0 Å². The fourth-order valence-corrected chi connectivity index (χ4v) is 6.14. The first-order valence-corrected chi connectivity index (χ1v) is 12.1. The molecular formula is C26H22N4O2S. The second kappa shape index (κ2) is 8.15. The molecule has 164 valence electrons. The van der Waals surface area contributed by atoms with Gasteiger partial charge in [-0.1, -0.05) is 42.5 Å². The number of aromatic nitrogens is 3. The molecule has 1 aliphatic heterocycles. The molecule has 0 unspecified atom stereocenters. The lowest BCUT2D eigenvalue weighted by Gasteiger charge is -2.18. The van der Waals surface area contributed by atoms with Crippen LogP contribution in [0.2, 0.25) is 0 Å². The molecule has 0 spiro atoms. The molecule has 6 rings (SSSR count). The van der Waals surface area contributed by atoms with E-state index in [1.807, 2.05) is 6.07 Å². The van der Waals surface area contributed by atoms with Crippen LogP contribution in [0.4, 0.5) is 5.82 Å². The third-order valence-electron chi connectivity index (χ3n) is 6.40. The Morgan fingerprint density at radius 1 is 1.09 bits per heavy atom. The molecule has 1 N–H and O–H groups in total. The van der Waals surface area contributed by atoms with Gasteiger partial charge in [-0.05, 0) is 58.7 Å². The number of pyridine rings is 1. The van der Waals surface area contributed by atoms with Crippen LogP contribution in [0.3, 0.4) is 0 Å². The molecule has 2 aromatic carbocycles. The second-order valence-corrected chi connectivity index (χ2v) is 9.61. The first-order valence-electron chi connectivity index (χ1n) is 11.1. The van der Waals surface area contributed by atoms with Gasteiger partial charge in [0, 0.05) is 18.0 Å². The maximum absolute atomic E-state index is 13.3. The van der Waals surface area contributed by atoms with E-state index < -0.39 is 6.04 Å². The highest BCUT2D eigenvalue weighted by molar-refractivity contribution is 7.99. The Kier molecular flexibility index (Phi) is 4.99. The number of nitrogens with zero attached hydrogens (tertiary/aromatic N) is 3. The standard InChI is InChI=1S/C26H22N4O2S/c31-23-13-19(12-18-6-3-5-16-4-1-2-7-20(16)18)24(17-8-9-17)26-30(23)21(14-33-26)25(32)29-22-10-11-27-15-28-22/h1-7,10-11,13,15,17,21H,8-9,12,14H2,(H,27,28,29,32)/t21-/m0/s1. The maximum Gasteiger partial charge on any atom is 0.252 e. The molecule has 3 heterocycles. The molecule has 6 nitrogen and oxygen atoms in total. The van der Waals surface area contributed by atoms with E-state index in [-0.39, 0.29) is 11.5 Å². The van der Waals surface area contributed by atoms with Gasteiger partial charge >= 0.3 is 0 Å². The van der Waals surface area contributed by atoms with Crippen molar-refractivity contribution >= 4 is 34.3 Å². The van der Waals surface area contributed by atoms with E-state index in [1.54, 1.807) is 34.7 Å². The van der Waals surface area contributed by atoms with Gasteiger partial charge in [-0.3, -0.25) is 14.2 Å². The van der Waals surface area contributed by atoms with E-state index in [1.165, 1.54) is 28.2 Å². The zero-order chi connectivity index (χ0) is 22.4. The summed E-state index contributed by atoms with van der Waals surface area (Å²) >= 11 is 1.62. The lowest BCUT2D eigenvalue weighted by atomic mass is 9.95. The van der Waals surface area contributed by atoms with Crippen molar-refractivity contribution in [2.45, 2.75) is 36.2 Å². The molecule has 1 fully saturated rings. The summed E-state index contributed by atoms with van der Waals surface area (Å²) in [6, 6.07) is 17.6. The van der Waals surface area contributed by atoms with E-state index in [4.69, 9.17) is 0 Å². The minimum Gasteiger partial charge on any atom is -0.309 e. The van der Waals surface area contributed by atoms with E-state index in [9.17, 15) is 9.59 Å². The summed E-state index contributed by atoms with van der Waals surface area (Å²) in [4.78, 5) is 34.2. The molecule has 33 heavy (non-hydrogen) atoms. The molecule has 0 radical (unpaired) electrons. The summed E-state index contributed by atoms with van der Waals surface area (Å²) in [6.07, 6.45) is 5.95. The number of amides is 1. The van der Waals surface area contributed by atoms with Gasteiger partial charge in [0.2, 0.25) is 5.91 Å². The third kappa shape index (κ3) is 3.72. The van der Waals surface area contributed by atoms with Crippen LogP contribution in [-0.4, -0.2) is 26.2 Å². The Labute approximate surface area is 195 Å². The molecule has 1 atom stereocenters. The number of nitrogens with one attached hydrogen (secondary N) is 1. The zero-order valence-electron chi connectivity index (χ0n) is 17.9. The van der Waals surface area contributed by atoms with Crippen LogP contribution in [0.1, 0.15) is 41.5 Å². The molecule has 1 saturated carbocycles. The topological polar surface area (TPSA) is 76.9 Å². The molecule has 7 heteroatoms. The number of hydrogen-bond donors (Lipinski definition) is 1. The molecule has 0 bridgehead atoms. The summed E-state index contributed by atoms with van der Waals surface area (Å²) in [5.74, 6) is 1.24. The van der Waals surface area contributed by atoms with E-state index in [2.05, 4.69) is 51.7 Å². The predicted molar refractivity (Wildman–Crippen MR) is 130 cm³/mol. The van der Waals surface area contributed by atoms with Gasteiger partial charge in [-0.25, -0.2) is 9.97 Å². The number of carbonyl (C=O) groups excluding carboxylic acids is 1.